The smallest absolute Gasteiger partial charge is 0.309 e. The molecule has 0 aliphatic heterocycles. The minimum absolute atomic E-state index is 0.123. The van der Waals surface area contributed by atoms with Gasteiger partial charge in [0.05, 0.1) is 21.8 Å². The second-order valence-corrected chi connectivity index (χ2v) is 4.45. The monoisotopic (exact) mass is 288 g/mol. The Bertz CT molecular complexity index is 551. The number of esters is 1. The molecule has 0 atom stereocenters. The van der Waals surface area contributed by atoms with Crippen LogP contribution in [0, 0.1) is 0 Å². The fourth-order valence-electron chi connectivity index (χ4n) is 1.26. The first-order valence-corrected chi connectivity index (χ1v) is 6.03. The molecule has 0 saturated heterocycles. The molecule has 0 saturated carbocycles. The van der Waals surface area contributed by atoms with Crippen molar-refractivity contribution in [2.45, 2.75) is 6.92 Å². The quantitative estimate of drug-likeness (QED) is 0.795. The summed E-state index contributed by atoms with van der Waals surface area (Å²) in [7, 11) is 0. The molecule has 4 nitrogen and oxygen atoms in total. The van der Waals surface area contributed by atoms with Crippen LogP contribution in [0.3, 0.4) is 0 Å². The number of ether oxygens (including phenoxy) is 1. The van der Waals surface area contributed by atoms with Crippen LogP contribution in [-0.2, 0) is 4.79 Å². The standard InChI is InChI=1S/C10H6Cl2N2O2S/c1-5(15)16-10-9(13-17-14-10)8-6(11)3-2-4-7(8)12/h2-4H,1H3. The maximum absolute atomic E-state index is 10.9. The number of nitrogens with zero attached hydrogens (tertiary/aromatic N) is 2. The lowest BCUT2D eigenvalue weighted by molar-refractivity contribution is -0.132. The van der Waals surface area contributed by atoms with E-state index in [1.54, 1.807) is 18.2 Å². The van der Waals surface area contributed by atoms with Gasteiger partial charge in [-0.25, -0.2) is 0 Å². The zero-order chi connectivity index (χ0) is 12.4. The van der Waals surface area contributed by atoms with Crippen LogP contribution in [0.2, 0.25) is 10.0 Å². The second-order valence-electron chi connectivity index (χ2n) is 3.11. The summed E-state index contributed by atoms with van der Waals surface area (Å²) in [4.78, 5) is 10.9. The van der Waals surface area contributed by atoms with Crippen molar-refractivity contribution in [3.05, 3.63) is 28.2 Å². The lowest BCUT2D eigenvalue weighted by Gasteiger charge is -2.05. The number of hydrogen-bond acceptors (Lipinski definition) is 5. The van der Waals surface area contributed by atoms with Crippen LogP contribution in [0.5, 0.6) is 5.88 Å². The van der Waals surface area contributed by atoms with Gasteiger partial charge in [0.2, 0.25) is 0 Å². The van der Waals surface area contributed by atoms with Crippen molar-refractivity contribution in [2.75, 3.05) is 0 Å². The van der Waals surface area contributed by atoms with E-state index in [0.717, 1.165) is 11.7 Å². The van der Waals surface area contributed by atoms with E-state index in [4.69, 9.17) is 27.9 Å². The molecule has 2 rings (SSSR count). The molecular weight excluding hydrogens is 283 g/mol. The van der Waals surface area contributed by atoms with Gasteiger partial charge in [0.15, 0.2) is 5.69 Å². The molecule has 0 spiro atoms. The molecule has 0 radical (unpaired) electrons. The van der Waals surface area contributed by atoms with Crippen molar-refractivity contribution in [3.8, 4) is 17.1 Å². The van der Waals surface area contributed by atoms with Crippen molar-refractivity contribution in [1.82, 2.24) is 8.75 Å². The highest BCUT2D eigenvalue weighted by Crippen LogP contribution is 2.38. The Balaban J connectivity index is 2.53. The first-order chi connectivity index (χ1) is 8.09. The number of hydrogen-bond donors (Lipinski definition) is 0. The molecule has 1 aromatic heterocycles. The Hall–Kier alpha value is -1.17. The molecule has 0 N–H and O–H groups in total. The normalized spacial score (nSPS) is 10.3. The Morgan fingerprint density at radius 3 is 2.53 bits per heavy atom. The number of benzene rings is 1. The van der Waals surface area contributed by atoms with E-state index in [-0.39, 0.29) is 5.88 Å². The zero-order valence-electron chi connectivity index (χ0n) is 8.61. The zero-order valence-corrected chi connectivity index (χ0v) is 10.9. The number of carbonyl (C=O) groups is 1. The minimum Gasteiger partial charge on any atom is -0.404 e. The molecule has 0 unspecified atom stereocenters. The van der Waals surface area contributed by atoms with Crippen LogP contribution in [0.4, 0.5) is 0 Å². The number of carbonyl (C=O) groups excluding carboxylic acids is 1. The van der Waals surface area contributed by atoms with Gasteiger partial charge in [0.1, 0.15) is 0 Å². The molecule has 0 amide bonds. The fourth-order valence-corrected chi connectivity index (χ4v) is 2.33. The number of rotatable bonds is 2. The van der Waals surface area contributed by atoms with Gasteiger partial charge >= 0.3 is 5.97 Å². The highest BCUT2D eigenvalue weighted by atomic mass is 35.5. The van der Waals surface area contributed by atoms with Crippen LogP contribution >= 0.6 is 34.9 Å². The van der Waals surface area contributed by atoms with Crippen LogP contribution < -0.4 is 4.74 Å². The van der Waals surface area contributed by atoms with Crippen LogP contribution in [-0.4, -0.2) is 14.7 Å². The van der Waals surface area contributed by atoms with Crippen molar-refractivity contribution in [2.24, 2.45) is 0 Å². The van der Waals surface area contributed by atoms with Crippen molar-refractivity contribution in [3.63, 3.8) is 0 Å². The third-order valence-electron chi connectivity index (χ3n) is 1.90. The molecule has 2 aromatic rings. The van der Waals surface area contributed by atoms with Crippen molar-refractivity contribution >= 4 is 40.9 Å². The van der Waals surface area contributed by atoms with E-state index >= 15 is 0 Å². The second kappa shape index (κ2) is 5.00. The summed E-state index contributed by atoms with van der Waals surface area (Å²) in [5, 5.41) is 0.859. The van der Waals surface area contributed by atoms with E-state index in [2.05, 4.69) is 8.75 Å². The van der Waals surface area contributed by atoms with Gasteiger partial charge in [0.25, 0.3) is 5.88 Å². The summed E-state index contributed by atoms with van der Waals surface area (Å²) in [6, 6.07) is 5.08. The molecule has 0 bridgehead atoms. The third kappa shape index (κ3) is 2.57. The van der Waals surface area contributed by atoms with Gasteiger partial charge < -0.3 is 4.74 Å². The summed E-state index contributed by atoms with van der Waals surface area (Å²) in [6.07, 6.45) is 0. The lowest BCUT2D eigenvalue weighted by Crippen LogP contribution is -2.02. The van der Waals surface area contributed by atoms with Crippen molar-refractivity contribution < 1.29 is 9.53 Å². The predicted octanol–water partition coefficient (Wildman–Crippen LogP) is 3.44. The highest BCUT2D eigenvalue weighted by molar-refractivity contribution is 6.99. The maximum atomic E-state index is 10.9. The van der Waals surface area contributed by atoms with Crippen LogP contribution in [0.1, 0.15) is 6.92 Å². The average molecular weight is 289 g/mol. The summed E-state index contributed by atoms with van der Waals surface area (Å²) in [5.41, 5.74) is 0.890. The Labute approximate surface area is 111 Å². The molecule has 0 fully saturated rings. The van der Waals surface area contributed by atoms with Gasteiger partial charge in [-0.15, -0.1) is 4.37 Å². The van der Waals surface area contributed by atoms with E-state index in [0.29, 0.717) is 21.3 Å². The average Bonchev–Trinajstić information content (AvgIpc) is 2.65. The number of aromatic nitrogens is 2. The third-order valence-corrected chi connectivity index (χ3v) is 3.04. The van der Waals surface area contributed by atoms with E-state index in [1.807, 2.05) is 0 Å². The molecule has 88 valence electrons. The van der Waals surface area contributed by atoms with Gasteiger partial charge in [0, 0.05) is 12.5 Å². The Morgan fingerprint density at radius 1 is 1.29 bits per heavy atom. The first-order valence-electron chi connectivity index (χ1n) is 4.55. The first kappa shape index (κ1) is 12.3. The Morgan fingerprint density at radius 2 is 1.94 bits per heavy atom. The summed E-state index contributed by atoms with van der Waals surface area (Å²) >= 11 is 13.0. The summed E-state index contributed by atoms with van der Waals surface area (Å²) < 4.78 is 12.9. The minimum atomic E-state index is -0.470. The molecule has 1 heterocycles. The molecular formula is C10H6Cl2N2O2S. The van der Waals surface area contributed by atoms with Gasteiger partial charge in [-0.05, 0) is 12.1 Å². The number of halogens is 2. The van der Waals surface area contributed by atoms with Crippen LogP contribution in [0.15, 0.2) is 18.2 Å². The fraction of sp³-hybridized carbons (Fsp3) is 0.100. The molecule has 0 aliphatic rings. The maximum Gasteiger partial charge on any atom is 0.309 e. The van der Waals surface area contributed by atoms with E-state index in [1.165, 1.54) is 6.92 Å². The summed E-state index contributed by atoms with van der Waals surface area (Å²) in [6.45, 7) is 1.29. The topological polar surface area (TPSA) is 52.1 Å². The van der Waals surface area contributed by atoms with E-state index < -0.39 is 5.97 Å². The largest absolute Gasteiger partial charge is 0.404 e. The van der Waals surface area contributed by atoms with Gasteiger partial charge in [-0.1, -0.05) is 29.3 Å². The molecule has 7 heteroatoms. The Kier molecular flexibility index (Phi) is 3.61. The molecule has 0 aliphatic carbocycles. The van der Waals surface area contributed by atoms with Crippen LogP contribution in [0.25, 0.3) is 11.3 Å². The lowest BCUT2D eigenvalue weighted by atomic mass is 10.1. The van der Waals surface area contributed by atoms with Gasteiger partial charge in [-0.3, -0.25) is 4.79 Å². The summed E-state index contributed by atoms with van der Waals surface area (Å²) in [5.74, 6) is -0.348. The molecule has 1 aromatic carbocycles. The van der Waals surface area contributed by atoms with Gasteiger partial charge in [-0.2, -0.15) is 4.37 Å². The predicted molar refractivity (Wildman–Crippen MR) is 66.7 cm³/mol. The van der Waals surface area contributed by atoms with Crippen molar-refractivity contribution in [1.29, 1.82) is 0 Å². The SMILES string of the molecule is CC(=O)Oc1nsnc1-c1c(Cl)cccc1Cl. The van der Waals surface area contributed by atoms with E-state index in [9.17, 15) is 4.79 Å². The highest BCUT2D eigenvalue weighted by Gasteiger charge is 2.18. The molecule has 17 heavy (non-hydrogen) atoms.